The Balaban J connectivity index is 1.99. The highest BCUT2D eigenvalue weighted by Crippen LogP contribution is 2.35. The number of carbonyl (C=O) groups is 4. The monoisotopic (exact) mass is 515 g/mol. The molecule has 0 bridgehead atoms. The van der Waals surface area contributed by atoms with E-state index in [-0.39, 0.29) is 34.0 Å². The number of phenolic OH excluding ortho intramolecular Hbond substituents is 1. The van der Waals surface area contributed by atoms with Crippen molar-refractivity contribution in [2.45, 2.75) is 6.92 Å². The standard InChI is InChI=1S/C26H21N5O7/c1-13(32)29-16-6-4-15(5-7-16)17-11-22(33)19(10-21(17)31-26(37)38-2)23(28)24(34)30-20-8-3-14(12-27)9-18(20)25(35)36/h3-11,28,33H,1-2H3,(H,29,32)(H,30,34)(H,31,37)(H,35,36). The number of aromatic carboxylic acids is 1. The molecular weight excluding hydrogens is 494 g/mol. The molecule has 0 aliphatic rings. The number of carbonyl (C=O) groups excluding carboxylic acids is 3. The molecule has 192 valence electrons. The fourth-order valence-electron chi connectivity index (χ4n) is 3.43. The third-order valence-corrected chi connectivity index (χ3v) is 5.20. The minimum absolute atomic E-state index is 0.0624. The Morgan fingerprint density at radius 2 is 1.61 bits per heavy atom. The van der Waals surface area contributed by atoms with Crippen LogP contribution in [0.25, 0.3) is 11.1 Å². The summed E-state index contributed by atoms with van der Waals surface area (Å²) >= 11 is 0. The number of rotatable bonds is 7. The van der Waals surface area contributed by atoms with Gasteiger partial charge < -0.3 is 25.6 Å². The second-order valence-corrected chi connectivity index (χ2v) is 7.80. The van der Waals surface area contributed by atoms with Crippen LogP contribution in [0.4, 0.5) is 21.9 Å². The smallest absolute Gasteiger partial charge is 0.411 e. The first-order chi connectivity index (χ1) is 18.0. The van der Waals surface area contributed by atoms with Gasteiger partial charge in [0.15, 0.2) is 0 Å². The van der Waals surface area contributed by atoms with Gasteiger partial charge in [0.1, 0.15) is 11.5 Å². The van der Waals surface area contributed by atoms with Crippen LogP contribution in [-0.2, 0) is 14.3 Å². The van der Waals surface area contributed by atoms with Crippen LogP contribution in [0.1, 0.15) is 28.4 Å². The molecule has 3 rings (SSSR count). The zero-order valence-electron chi connectivity index (χ0n) is 20.1. The number of nitrogens with one attached hydrogen (secondary N) is 4. The van der Waals surface area contributed by atoms with Gasteiger partial charge in [-0.2, -0.15) is 5.26 Å². The van der Waals surface area contributed by atoms with Gasteiger partial charge in [0, 0.05) is 23.7 Å². The lowest BCUT2D eigenvalue weighted by molar-refractivity contribution is -0.114. The molecule has 6 N–H and O–H groups in total. The van der Waals surface area contributed by atoms with Gasteiger partial charge >= 0.3 is 12.1 Å². The van der Waals surface area contributed by atoms with Crippen LogP contribution in [0.3, 0.4) is 0 Å². The number of hydrogen-bond donors (Lipinski definition) is 6. The van der Waals surface area contributed by atoms with Gasteiger partial charge in [-0.1, -0.05) is 12.1 Å². The summed E-state index contributed by atoms with van der Waals surface area (Å²) in [5.74, 6) is -3.19. The van der Waals surface area contributed by atoms with Crippen molar-refractivity contribution in [3.63, 3.8) is 0 Å². The number of nitriles is 1. The second kappa shape index (κ2) is 11.4. The Morgan fingerprint density at radius 1 is 0.921 bits per heavy atom. The van der Waals surface area contributed by atoms with Crippen molar-refractivity contribution in [3.05, 3.63) is 71.3 Å². The van der Waals surface area contributed by atoms with Gasteiger partial charge in [-0.05, 0) is 48.0 Å². The maximum absolute atomic E-state index is 12.8. The fraction of sp³-hybridized carbons (Fsp3) is 0.0769. The van der Waals surface area contributed by atoms with Crippen LogP contribution in [0, 0.1) is 16.7 Å². The first-order valence-corrected chi connectivity index (χ1v) is 10.8. The molecule has 0 aliphatic carbocycles. The van der Waals surface area contributed by atoms with Crippen molar-refractivity contribution >= 4 is 46.7 Å². The Labute approximate surface area is 216 Å². The molecule has 38 heavy (non-hydrogen) atoms. The summed E-state index contributed by atoms with van der Waals surface area (Å²) in [6.45, 7) is 1.36. The van der Waals surface area contributed by atoms with E-state index in [1.165, 1.54) is 31.2 Å². The highest BCUT2D eigenvalue weighted by Gasteiger charge is 2.22. The van der Waals surface area contributed by atoms with E-state index in [1.54, 1.807) is 30.3 Å². The zero-order chi connectivity index (χ0) is 28.0. The minimum Gasteiger partial charge on any atom is -0.507 e. The molecule has 0 aliphatic heterocycles. The normalized spacial score (nSPS) is 10.0. The van der Waals surface area contributed by atoms with E-state index in [4.69, 9.17) is 10.7 Å². The summed E-state index contributed by atoms with van der Waals surface area (Å²) in [5.41, 5.74) is 0.00115. The number of carboxylic acids is 1. The van der Waals surface area contributed by atoms with Crippen molar-refractivity contribution < 1.29 is 34.1 Å². The third kappa shape index (κ3) is 6.10. The summed E-state index contributed by atoms with van der Waals surface area (Å²) < 4.78 is 4.65. The number of carboxylic acid groups (broad SMARTS) is 1. The van der Waals surface area contributed by atoms with Crippen molar-refractivity contribution in [1.82, 2.24) is 0 Å². The molecule has 0 aromatic heterocycles. The number of anilines is 3. The Morgan fingerprint density at radius 3 is 2.18 bits per heavy atom. The number of nitrogens with zero attached hydrogens (tertiary/aromatic N) is 1. The molecule has 3 aromatic rings. The van der Waals surface area contributed by atoms with Gasteiger partial charge in [-0.3, -0.25) is 20.3 Å². The number of benzene rings is 3. The average molecular weight is 515 g/mol. The number of phenols is 1. The molecule has 12 nitrogen and oxygen atoms in total. The Bertz CT molecular complexity index is 1510. The molecule has 3 amide bonds. The summed E-state index contributed by atoms with van der Waals surface area (Å²) in [4.78, 5) is 47.6. The van der Waals surface area contributed by atoms with Crippen LogP contribution in [0.15, 0.2) is 54.6 Å². The summed E-state index contributed by atoms with van der Waals surface area (Å²) in [6, 6.07) is 14.3. The van der Waals surface area contributed by atoms with Crippen LogP contribution < -0.4 is 16.0 Å². The number of methoxy groups -OCH3 is 1. The highest BCUT2D eigenvalue weighted by atomic mass is 16.5. The largest absolute Gasteiger partial charge is 0.507 e. The average Bonchev–Trinajstić information content (AvgIpc) is 2.89. The van der Waals surface area contributed by atoms with Crippen molar-refractivity contribution in [3.8, 4) is 22.9 Å². The number of ether oxygens (including phenoxy) is 1. The van der Waals surface area contributed by atoms with Crippen molar-refractivity contribution in [2.75, 3.05) is 23.1 Å². The van der Waals surface area contributed by atoms with Crippen LogP contribution in [0.5, 0.6) is 5.75 Å². The number of hydrogen-bond acceptors (Lipinski definition) is 8. The van der Waals surface area contributed by atoms with Crippen LogP contribution in [0.2, 0.25) is 0 Å². The van der Waals surface area contributed by atoms with Gasteiger partial charge in [-0.25, -0.2) is 9.59 Å². The van der Waals surface area contributed by atoms with E-state index < -0.39 is 29.4 Å². The quantitative estimate of drug-likeness (QED) is 0.201. The summed E-state index contributed by atoms with van der Waals surface area (Å²) in [7, 11) is 1.14. The van der Waals surface area contributed by atoms with Gasteiger partial charge in [0.05, 0.1) is 35.7 Å². The maximum Gasteiger partial charge on any atom is 0.411 e. The molecule has 0 saturated carbocycles. The second-order valence-electron chi connectivity index (χ2n) is 7.80. The molecule has 0 radical (unpaired) electrons. The van der Waals surface area contributed by atoms with E-state index in [0.717, 1.165) is 13.2 Å². The molecule has 0 saturated heterocycles. The zero-order valence-corrected chi connectivity index (χ0v) is 20.1. The van der Waals surface area contributed by atoms with E-state index in [9.17, 15) is 29.4 Å². The molecule has 0 unspecified atom stereocenters. The first-order valence-electron chi connectivity index (χ1n) is 10.8. The molecule has 0 fully saturated rings. The van der Waals surface area contributed by atoms with Gasteiger partial charge in [0.25, 0.3) is 5.91 Å². The van der Waals surface area contributed by atoms with E-state index in [2.05, 4.69) is 20.7 Å². The number of amides is 3. The first kappa shape index (κ1) is 26.9. The summed E-state index contributed by atoms with van der Waals surface area (Å²) in [6.07, 6.45) is -0.850. The predicted molar refractivity (Wildman–Crippen MR) is 137 cm³/mol. The van der Waals surface area contributed by atoms with E-state index in [0.29, 0.717) is 16.8 Å². The molecule has 0 heterocycles. The minimum atomic E-state index is -1.40. The lowest BCUT2D eigenvalue weighted by Gasteiger charge is -2.16. The van der Waals surface area contributed by atoms with Crippen LogP contribution in [-0.4, -0.2) is 46.9 Å². The molecular formula is C26H21N5O7. The van der Waals surface area contributed by atoms with Crippen LogP contribution >= 0.6 is 0 Å². The molecule has 0 atom stereocenters. The van der Waals surface area contributed by atoms with Gasteiger partial charge in [0.2, 0.25) is 5.91 Å². The maximum atomic E-state index is 12.8. The third-order valence-electron chi connectivity index (χ3n) is 5.20. The highest BCUT2D eigenvalue weighted by molar-refractivity contribution is 6.48. The van der Waals surface area contributed by atoms with E-state index >= 15 is 0 Å². The lowest BCUT2D eigenvalue weighted by atomic mass is 9.98. The topological polar surface area (TPSA) is 202 Å². The van der Waals surface area contributed by atoms with Crippen molar-refractivity contribution in [1.29, 1.82) is 10.7 Å². The molecule has 3 aromatic carbocycles. The summed E-state index contributed by atoms with van der Waals surface area (Å²) in [5, 5.41) is 44.8. The SMILES string of the molecule is COC(=O)Nc1cc(C(=N)C(=O)Nc2ccc(C#N)cc2C(=O)O)c(O)cc1-c1ccc(NC(C)=O)cc1. The number of aromatic hydroxyl groups is 1. The molecule has 0 spiro atoms. The lowest BCUT2D eigenvalue weighted by Crippen LogP contribution is -2.24. The predicted octanol–water partition coefficient (Wildman–Crippen LogP) is 3.77. The Hall–Kier alpha value is -5.70. The van der Waals surface area contributed by atoms with Crippen molar-refractivity contribution in [2.24, 2.45) is 0 Å². The fourth-order valence-corrected chi connectivity index (χ4v) is 3.43. The Kier molecular flexibility index (Phi) is 8.04. The van der Waals surface area contributed by atoms with E-state index in [1.807, 2.05) is 0 Å². The van der Waals surface area contributed by atoms with Gasteiger partial charge in [-0.15, -0.1) is 0 Å². The molecule has 12 heteroatoms.